The fourth-order valence-electron chi connectivity index (χ4n) is 1.92. The Kier molecular flexibility index (Phi) is 9.28. The van der Waals surface area contributed by atoms with Gasteiger partial charge in [0.2, 0.25) is 0 Å². The molecule has 1 aliphatic heterocycles. The molecule has 0 aromatic rings. The largest absolute Gasteiger partial charge is 0.390 e. The predicted molar refractivity (Wildman–Crippen MR) is 90.1 cm³/mol. The number of hydrogen-bond donors (Lipinski definition) is 1. The van der Waals surface area contributed by atoms with E-state index in [1.807, 2.05) is 11.8 Å². The minimum absolute atomic E-state index is 0. The Bertz CT molecular complexity index is 311. The first-order valence-electron chi connectivity index (χ1n) is 6.47. The number of nitrogens with one attached hydrogen (secondary N) is 1. The Morgan fingerprint density at radius 1 is 1.45 bits per heavy atom. The molecule has 1 N–H and O–H groups in total. The van der Waals surface area contributed by atoms with Gasteiger partial charge < -0.3 is 10.2 Å². The molecule has 120 valence electrons. The Balaban J connectivity index is 0.00000361. The van der Waals surface area contributed by atoms with E-state index in [0.29, 0.717) is 17.1 Å². The lowest BCUT2D eigenvalue weighted by molar-refractivity contribution is -0.132. The summed E-state index contributed by atoms with van der Waals surface area (Å²) in [6.07, 6.45) is -4.95. The number of rotatable bonds is 3. The highest BCUT2D eigenvalue weighted by Crippen LogP contribution is 2.25. The van der Waals surface area contributed by atoms with Crippen LogP contribution in [0.15, 0.2) is 4.99 Å². The Morgan fingerprint density at radius 2 is 2.10 bits per heavy atom. The van der Waals surface area contributed by atoms with Gasteiger partial charge in [-0.1, -0.05) is 13.8 Å². The molecule has 1 rings (SSSR count). The second-order valence-electron chi connectivity index (χ2n) is 4.94. The van der Waals surface area contributed by atoms with Gasteiger partial charge in [-0.2, -0.15) is 24.9 Å². The van der Waals surface area contributed by atoms with Gasteiger partial charge in [0.15, 0.2) is 5.96 Å². The summed E-state index contributed by atoms with van der Waals surface area (Å²) < 4.78 is 36.4. The monoisotopic (exact) mass is 425 g/mol. The lowest BCUT2D eigenvalue weighted by atomic mass is 10.1. The topological polar surface area (TPSA) is 27.6 Å². The third-order valence-electron chi connectivity index (χ3n) is 3.04. The number of thioether (sulfide) groups is 1. The van der Waals surface area contributed by atoms with E-state index in [-0.39, 0.29) is 30.5 Å². The molecule has 3 nitrogen and oxygen atoms in total. The van der Waals surface area contributed by atoms with E-state index in [1.165, 1.54) is 0 Å². The van der Waals surface area contributed by atoms with Gasteiger partial charge >= 0.3 is 6.18 Å². The fraction of sp³-hybridized carbons (Fsp3) is 0.917. The van der Waals surface area contributed by atoms with Crippen LogP contribution in [-0.4, -0.2) is 54.7 Å². The van der Waals surface area contributed by atoms with Crippen molar-refractivity contribution >= 4 is 41.7 Å². The molecule has 1 aliphatic rings. The van der Waals surface area contributed by atoms with Crippen molar-refractivity contribution in [1.29, 1.82) is 0 Å². The van der Waals surface area contributed by atoms with Crippen molar-refractivity contribution in [2.45, 2.75) is 31.7 Å². The number of hydrogen-bond acceptors (Lipinski definition) is 2. The molecule has 0 aromatic heterocycles. The van der Waals surface area contributed by atoms with E-state index in [2.05, 4.69) is 29.1 Å². The van der Waals surface area contributed by atoms with E-state index in [4.69, 9.17) is 0 Å². The minimum Gasteiger partial charge on any atom is -0.356 e. The summed E-state index contributed by atoms with van der Waals surface area (Å²) in [6, 6.07) is 0. The van der Waals surface area contributed by atoms with E-state index >= 15 is 0 Å². The second kappa shape index (κ2) is 9.22. The van der Waals surface area contributed by atoms with Crippen LogP contribution in [0.1, 0.15) is 20.3 Å². The van der Waals surface area contributed by atoms with Gasteiger partial charge in [0.1, 0.15) is 0 Å². The van der Waals surface area contributed by atoms with Gasteiger partial charge in [0, 0.05) is 37.7 Å². The molecule has 0 aliphatic carbocycles. The van der Waals surface area contributed by atoms with Gasteiger partial charge in [-0.25, -0.2) is 0 Å². The number of guanidine groups is 1. The lowest BCUT2D eigenvalue weighted by Gasteiger charge is -2.36. The van der Waals surface area contributed by atoms with Crippen molar-refractivity contribution in [2.75, 3.05) is 32.4 Å². The lowest BCUT2D eigenvalue weighted by Crippen LogP contribution is -2.49. The number of aliphatic imine (C=N–C) groups is 1. The molecular formula is C12H23F3IN3S. The number of nitrogens with zero attached hydrogens (tertiary/aromatic N) is 2. The summed E-state index contributed by atoms with van der Waals surface area (Å²) >= 11 is 1.93. The molecule has 0 spiro atoms. The van der Waals surface area contributed by atoms with Crippen LogP contribution in [0.3, 0.4) is 0 Å². The van der Waals surface area contributed by atoms with Crippen molar-refractivity contribution in [2.24, 2.45) is 10.9 Å². The van der Waals surface area contributed by atoms with Crippen LogP contribution in [0, 0.1) is 5.92 Å². The standard InChI is InChI=1S/C12H22F3N3S.HI/c1-9(2)10-8-18(6-7-19-10)11(16-3)17-5-4-12(13,14)15;/h9-10H,4-8H2,1-3H3,(H,16,17);1H. The molecule has 0 aromatic carbocycles. The van der Waals surface area contributed by atoms with Crippen LogP contribution in [0.25, 0.3) is 0 Å². The molecule has 1 atom stereocenters. The smallest absolute Gasteiger partial charge is 0.356 e. The summed E-state index contributed by atoms with van der Waals surface area (Å²) in [5.74, 6) is 2.12. The van der Waals surface area contributed by atoms with Crippen LogP contribution in [0.2, 0.25) is 0 Å². The van der Waals surface area contributed by atoms with E-state index in [1.54, 1.807) is 7.05 Å². The van der Waals surface area contributed by atoms with Crippen molar-refractivity contribution in [3.05, 3.63) is 0 Å². The zero-order valence-electron chi connectivity index (χ0n) is 12.0. The van der Waals surface area contributed by atoms with E-state index < -0.39 is 12.6 Å². The van der Waals surface area contributed by atoms with E-state index in [0.717, 1.165) is 18.8 Å². The Labute approximate surface area is 140 Å². The first kappa shape index (κ1) is 20.1. The molecule has 1 saturated heterocycles. The molecule has 8 heteroatoms. The molecule has 0 radical (unpaired) electrons. The average molecular weight is 425 g/mol. The molecule has 1 unspecified atom stereocenters. The van der Waals surface area contributed by atoms with Gasteiger partial charge in [-0.3, -0.25) is 4.99 Å². The SMILES string of the molecule is CN=C(NCCC(F)(F)F)N1CCSC(C(C)C)C1.I. The van der Waals surface area contributed by atoms with Crippen molar-refractivity contribution in [3.8, 4) is 0 Å². The van der Waals surface area contributed by atoms with Gasteiger partial charge in [0.05, 0.1) is 6.42 Å². The van der Waals surface area contributed by atoms with Gasteiger partial charge in [-0.15, -0.1) is 24.0 Å². The maximum Gasteiger partial charge on any atom is 0.390 e. The summed E-state index contributed by atoms with van der Waals surface area (Å²) in [5.41, 5.74) is 0. The van der Waals surface area contributed by atoms with Crippen molar-refractivity contribution in [1.82, 2.24) is 10.2 Å². The highest BCUT2D eigenvalue weighted by atomic mass is 127. The van der Waals surface area contributed by atoms with Gasteiger partial charge in [-0.05, 0) is 5.92 Å². The number of alkyl halides is 3. The van der Waals surface area contributed by atoms with Crippen LogP contribution in [0.5, 0.6) is 0 Å². The molecule has 0 bridgehead atoms. The molecular weight excluding hydrogens is 402 g/mol. The summed E-state index contributed by atoms with van der Waals surface area (Å²) in [6.45, 7) is 5.89. The van der Waals surface area contributed by atoms with Crippen molar-refractivity contribution in [3.63, 3.8) is 0 Å². The summed E-state index contributed by atoms with van der Waals surface area (Å²) in [4.78, 5) is 6.13. The van der Waals surface area contributed by atoms with Crippen LogP contribution < -0.4 is 5.32 Å². The summed E-state index contributed by atoms with van der Waals surface area (Å²) in [5, 5.41) is 3.31. The number of halogens is 4. The third kappa shape index (κ3) is 7.24. The van der Waals surface area contributed by atoms with Crippen LogP contribution in [0.4, 0.5) is 13.2 Å². The minimum atomic E-state index is -4.12. The van der Waals surface area contributed by atoms with Gasteiger partial charge in [0.25, 0.3) is 0 Å². The normalized spacial score (nSPS) is 20.9. The molecule has 0 amide bonds. The maximum absolute atomic E-state index is 12.1. The Morgan fingerprint density at radius 3 is 2.60 bits per heavy atom. The molecule has 1 fully saturated rings. The fourth-order valence-corrected chi connectivity index (χ4v) is 3.22. The zero-order valence-corrected chi connectivity index (χ0v) is 15.2. The third-order valence-corrected chi connectivity index (χ3v) is 4.58. The average Bonchev–Trinajstić information content (AvgIpc) is 2.33. The highest BCUT2D eigenvalue weighted by molar-refractivity contribution is 14.0. The molecule has 1 heterocycles. The molecule has 0 saturated carbocycles. The first-order chi connectivity index (χ1) is 8.83. The second-order valence-corrected chi connectivity index (χ2v) is 6.29. The maximum atomic E-state index is 12.1. The van der Waals surface area contributed by atoms with Crippen LogP contribution in [-0.2, 0) is 0 Å². The Hall–Kier alpha value is 0.140. The highest BCUT2D eigenvalue weighted by Gasteiger charge is 2.28. The first-order valence-corrected chi connectivity index (χ1v) is 7.52. The summed E-state index contributed by atoms with van der Waals surface area (Å²) in [7, 11) is 1.61. The molecule has 20 heavy (non-hydrogen) atoms. The van der Waals surface area contributed by atoms with E-state index in [9.17, 15) is 13.2 Å². The zero-order chi connectivity index (χ0) is 14.5. The van der Waals surface area contributed by atoms with Crippen LogP contribution >= 0.6 is 35.7 Å². The predicted octanol–water partition coefficient (Wildman–Crippen LogP) is 3.21. The quantitative estimate of drug-likeness (QED) is 0.428. The van der Waals surface area contributed by atoms with Crippen molar-refractivity contribution < 1.29 is 13.2 Å².